The lowest BCUT2D eigenvalue weighted by Crippen LogP contribution is -2.56. The Hall–Kier alpha value is -0.670. The van der Waals surface area contributed by atoms with Crippen LogP contribution < -0.4 is 0 Å². The van der Waals surface area contributed by atoms with E-state index in [4.69, 9.17) is 0 Å². The van der Waals surface area contributed by atoms with Crippen molar-refractivity contribution in [3.8, 4) is 0 Å². The quantitative estimate of drug-likeness (QED) is 0.764. The van der Waals surface area contributed by atoms with Crippen molar-refractivity contribution >= 4 is 5.78 Å². The second-order valence-electron chi connectivity index (χ2n) is 10.9. The highest BCUT2D eigenvalue weighted by Gasteiger charge is 2.63. The van der Waals surface area contributed by atoms with Crippen LogP contribution in [0.3, 0.4) is 0 Å². The normalized spacial score (nSPS) is 53.5. The van der Waals surface area contributed by atoms with E-state index in [1.807, 2.05) is 0 Å². The predicted octanol–water partition coefficient (Wildman–Crippen LogP) is 3.81. The molecule has 1 heterocycles. The number of carbonyl (C=O) groups is 1. The zero-order valence-corrected chi connectivity index (χ0v) is 16.8. The fraction of sp³-hybridized carbons (Fsp3) is 0.870. The molecule has 26 heavy (non-hydrogen) atoms. The monoisotopic (exact) mass is 357 g/mol. The van der Waals surface area contributed by atoms with Gasteiger partial charge >= 0.3 is 0 Å². The molecule has 4 aliphatic carbocycles. The first-order valence-electron chi connectivity index (χ1n) is 10.9. The maximum atomic E-state index is 12.3. The lowest BCUT2D eigenvalue weighted by atomic mass is 9.45. The van der Waals surface area contributed by atoms with Crippen molar-refractivity contribution in [2.45, 2.75) is 71.3 Å². The van der Waals surface area contributed by atoms with E-state index in [-0.39, 0.29) is 10.8 Å². The standard InChI is InChI=1S/C23H35NO2/c1-21-7-4-16(25)13-20(21)15(14-24-10-11-24)12-17-18(21)5-8-22(2)19(17)6-9-23(22,3)26/h13,15,17-19,26H,4-12,14H2,1-3H3/t15-,17+,18-,19+,21+,22+,23-/m0/s1. The molecule has 0 aromatic rings. The smallest absolute Gasteiger partial charge is 0.155 e. The van der Waals surface area contributed by atoms with Gasteiger partial charge in [-0.25, -0.2) is 0 Å². The van der Waals surface area contributed by atoms with Gasteiger partial charge in [0.25, 0.3) is 0 Å². The van der Waals surface area contributed by atoms with Gasteiger partial charge in [-0.2, -0.15) is 0 Å². The van der Waals surface area contributed by atoms with Crippen LogP contribution in [0.15, 0.2) is 11.6 Å². The average Bonchev–Trinajstić information content (AvgIpc) is 3.35. The molecule has 1 N–H and O–H groups in total. The second-order valence-corrected chi connectivity index (χ2v) is 10.9. The highest BCUT2D eigenvalue weighted by atomic mass is 16.3. The van der Waals surface area contributed by atoms with E-state index in [0.717, 1.165) is 38.1 Å². The van der Waals surface area contributed by atoms with Gasteiger partial charge in [-0.1, -0.05) is 19.4 Å². The molecule has 3 saturated carbocycles. The van der Waals surface area contributed by atoms with Gasteiger partial charge in [-0.15, -0.1) is 0 Å². The molecule has 0 bridgehead atoms. The Morgan fingerprint density at radius 1 is 1.12 bits per heavy atom. The first-order chi connectivity index (χ1) is 12.2. The van der Waals surface area contributed by atoms with E-state index in [1.54, 1.807) is 0 Å². The van der Waals surface area contributed by atoms with Crippen LogP contribution in [-0.4, -0.2) is 41.0 Å². The van der Waals surface area contributed by atoms with Gasteiger partial charge in [0, 0.05) is 26.1 Å². The van der Waals surface area contributed by atoms with Crippen LogP contribution >= 0.6 is 0 Å². The molecule has 0 unspecified atom stereocenters. The lowest BCUT2D eigenvalue weighted by molar-refractivity contribution is -0.128. The second kappa shape index (κ2) is 5.44. The summed E-state index contributed by atoms with van der Waals surface area (Å²) in [6.45, 7) is 10.6. The fourth-order valence-electron chi connectivity index (χ4n) is 7.77. The molecule has 1 saturated heterocycles. The van der Waals surface area contributed by atoms with E-state index in [1.165, 1.54) is 37.9 Å². The third-order valence-corrected chi connectivity index (χ3v) is 9.70. The zero-order chi connectivity index (χ0) is 18.3. The van der Waals surface area contributed by atoms with Gasteiger partial charge in [0.15, 0.2) is 5.78 Å². The Labute approximate surface area is 158 Å². The molecule has 4 fully saturated rings. The number of ketones is 1. The van der Waals surface area contributed by atoms with Crippen LogP contribution in [-0.2, 0) is 4.79 Å². The van der Waals surface area contributed by atoms with Gasteiger partial charge in [0.2, 0.25) is 0 Å². The number of fused-ring (bicyclic) bond motifs is 5. The van der Waals surface area contributed by atoms with Gasteiger partial charge in [0.1, 0.15) is 0 Å². The van der Waals surface area contributed by atoms with Crippen molar-refractivity contribution in [2.24, 2.45) is 34.5 Å². The minimum Gasteiger partial charge on any atom is -0.390 e. The molecule has 0 amide bonds. The van der Waals surface area contributed by atoms with E-state index >= 15 is 0 Å². The molecule has 144 valence electrons. The Balaban J connectivity index is 1.53. The van der Waals surface area contributed by atoms with Crippen LogP contribution in [0.1, 0.15) is 65.7 Å². The zero-order valence-electron chi connectivity index (χ0n) is 16.8. The summed E-state index contributed by atoms with van der Waals surface area (Å²) in [4.78, 5) is 14.8. The van der Waals surface area contributed by atoms with Gasteiger partial charge in [-0.3, -0.25) is 4.79 Å². The molecule has 0 spiro atoms. The number of nitrogens with zero attached hydrogens (tertiary/aromatic N) is 1. The highest BCUT2D eigenvalue weighted by Crippen LogP contribution is 2.68. The topological polar surface area (TPSA) is 40.3 Å². The average molecular weight is 358 g/mol. The summed E-state index contributed by atoms with van der Waals surface area (Å²) >= 11 is 0. The highest BCUT2D eigenvalue weighted by molar-refractivity contribution is 5.91. The van der Waals surface area contributed by atoms with Crippen LogP contribution in [0.4, 0.5) is 0 Å². The van der Waals surface area contributed by atoms with Crippen molar-refractivity contribution in [3.63, 3.8) is 0 Å². The molecular weight excluding hydrogens is 322 g/mol. The molecule has 3 nitrogen and oxygen atoms in total. The van der Waals surface area contributed by atoms with Crippen molar-refractivity contribution in [1.29, 1.82) is 0 Å². The summed E-state index contributed by atoms with van der Waals surface area (Å²) in [6.07, 6.45) is 9.63. The van der Waals surface area contributed by atoms with Gasteiger partial charge < -0.3 is 10.0 Å². The van der Waals surface area contributed by atoms with Crippen LogP contribution in [0.5, 0.6) is 0 Å². The maximum Gasteiger partial charge on any atom is 0.155 e. The first kappa shape index (κ1) is 17.4. The van der Waals surface area contributed by atoms with Crippen molar-refractivity contribution in [1.82, 2.24) is 4.90 Å². The molecule has 5 aliphatic rings. The van der Waals surface area contributed by atoms with Crippen LogP contribution in [0.25, 0.3) is 0 Å². The number of rotatable bonds is 2. The summed E-state index contributed by atoms with van der Waals surface area (Å²) in [5, 5.41) is 11.1. The molecule has 0 aromatic heterocycles. The Morgan fingerprint density at radius 2 is 1.85 bits per heavy atom. The number of carbonyl (C=O) groups excluding carboxylic acids is 1. The Morgan fingerprint density at radius 3 is 2.58 bits per heavy atom. The third kappa shape index (κ3) is 2.29. The summed E-state index contributed by atoms with van der Waals surface area (Å²) in [5.74, 6) is 3.00. The Kier molecular flexibility index (Phi) is 3.65. The number of aliphatic hydroxyl groups is 1. The summed E-state index contributed by atoms with van der Waals surface area (Å²) in [7, 11) is 0. The summed E-state index contributed by atoms with van der Waals surface area (Å²) in [5.41, 5.74) is 1.29. The lowest BCUT2D eigenvalue weighted by Gasteiger charge is -2.60. The van der Waals surface area contributed by atoms with Gasteiger partial charge in [-0.05, 0) is 86.0 Å². The van der Waals surface area contributed by atoms with E-state index in [9.17, 15) is 9.90 Å². The van der Waals surface area contributed by atoms with E-state index in [0.29, 0.717) is 23.5 Å². The molecule has 0 aromatic carbocycles. The van der Waals surface area contributed by atoms with Crippen molar-refractivity contribution < 1.29 is 9.90 Å². The number of hydrogen-bond acceptors (Lipinski definition) is 3. The van der Waals surface area contributed by atoms with Crippen LogP contribution in [0, 0.1) is 34.5 Å². The molecule has 0 radical (unpaired) electrons. The predicted molar refractivity (Wildman–Crippen MR) is 103 cm³/mol. The molecule has 1 aliphatic heterocycles. The minimum absolute atomic E-state index is 0.0840. The SMILES string of the molecule is C[C@]12CCC(=O)C=C1[C@H](CN1CC1)C[C@H]1[C@H]3CC[C@](C)(O)[C@]3(C)CC[C@@H]12. The minimum atomic E-state index is -0.502. The molecule has 5 rings (SSSR count). The van der Waals surface area contributed by atoms with E-state index in [2.05, 4.69) is 31.7 Å². The Bertz CT molecular complexity index is 663. The molecular formula is C23H35NO2. The van der Waals surface area contributed by atoms with E-state index < -0.39 is 5.60 Å². The summed E-state index contributed by atoms with van der Waals surface area (Å²) < 4.78 is 0. The van der Waals surface area contributed by atoms with Crippen molar-refractivity contribution in [2.75, 3.05) is 19.6 Å². The fourth-order valence-corrected chi connectivity index (χ4v) is 7.77. The largest absolute Gasteiger partial charge is 0.390 e. The van der Waals surface area contributed by atoms with Gasteiger partial charge in [0.05, 0.1) is 5.60 Å². The van der Waals surface area contributed by atoms with Crippen LogP contribution in [0.2, 0.25) is 0 Å². The molecule has 7 atom stereocenters. The maximum absolute atomic E-state index is 12.3. The van der Waals surface area contributed by atoms with Crippen molar-refractivity contribution in [3.05, 3.63) is 11.6 Å². The summed E-state index contributed by atoms with van der Waals surface area (Å²) in [6, 6.07) is 0. The first-order valence-corrected chi connectivity index (χ1v) is 10.9. The third-order valence-electron chi connectivity index (χ3n) is 9.70. The molecule has 3 heteroatoms. The number of hydrogen-bond donors (Lipinski definition) is 1.